The minimum absolute atomic E-state index is 0.246. The highest BCUT2D eigenvalue weighted by Gasteiger charge is 2.42. The zero-order chi connectivity index (χ0) is 24.8. The molecule has 4 rings (SSSR count). The minimum Gasteiger partial charge on any atom is -0.480 e. The second-order valence-electron chi connectivity index (χ2n) is 8.75. The lowest BCUT2D eigenvalue weighted by molar-refractivity contribution is -0.139. The van der Waals surface area contributed by atoms with E-state index in [0.29, 0.717) is 43.5 Å². The van der Waals surface area contributed by atoms with Gasteiger partial charge < -0.3 is 10.4 Å². The Morgan fingerprint density at radius 2 is 1.97 bits per heavy atom. The summed E-state index contributed by atoms with van der Waals surface area (Å²) in [5, 5.41) is 16.4. The summed E-state index contributed by atoms with van der Waals surface area (Å²) >= 11 is 0. The highest BCUT2D eigenvalue weighted by atomic mass is 19.1. The van der Waals surface area contributed by atoms with Crippen LogP contribution in [0.15, 0.2) is 79.6 Å². The maximum Gasteiger partial charge on any atom is 0.326 e. The molecule has 0 bridgehead atoms. The number of nitrogens with one attached hydrogen (secondary N) is 1. The highest BCUT2D eigenvalue weighted by molar-refractivity contribution is 5.96. The van der Waals surface area contributed by atoms with Crippen molar-refractivity contribution >= 4 is 11.9 Å². The summed E-state index contributed by atoms with van der Waals surface area (Å²) in [6.45, 7) is 5.22. The molecule has 35 heavy (non-hydrogen) atoms. The molecule has 1 aliphatic rings. The molecule has 8 heteroatoms. The summed E-state index contributed by atoms with van der Waals surface area (Å²) in [6, 6.07) is 14.6. The van der Waals surface area contributed by atoms with E-state index in [1.54, 1.807) is 47.4 Å². The Hall–Kier alpha value is -3.78. The molecular weight excluding hydrogens is 447 g/mol. The number of halogens is 1. The predicted octanol–water partition coefficient (Wildman–Crippen LogP) is 4.02. The zero-order valence-corrected chi connectivity index (χ0v) is 19.4. The SMILES string of the molecule is C=CCN(CCC[C@H](NC(=O)c1ccc(-n2cccn2)cc1)C(=O)O)[C@@H]1C[C@H]1c1ccc(F)cc1. The Balaban J connectivity index is 1.30. The van der Waals surface area contributed by atoms with E-state index in [1.165, 1.54) is 12.1 Å². The van der Waals surface area contributed by atoms with Gasteiger partial charge in [-0.25, -0.2) is 13.9 Å². The smallest absolute Gasteiger partial charge is 0.326 e. The van der Waals surface area contributed by atoms with Crippen LogP contribution in [0.3, 0.4) is 0 Å². The van der Waals surface area contributed by atoms with Crippen LogP contribution in [0, 0.1) is 5.82 Å². The second kappa shape index (κ2) is 11.1. The third-order valence-corrected chi connectivity index (χ3v) is 6.33. The maximum atomic E-state index is 13.2. The maximum absolute atomic E-state index is 13.2. The number of hydrogen-bond donors (Lipinski definition) is 2. The molecule has 3 aromatic rings. The Morgan fingerprint density at radius 3 is 2.60 bits per heavy atom. The number of carboxylic acids is 1. The molecule has 3 atom stereocenters. The zero-order valence-electron chi connectivity index (χ0n) is 19.4. The average molecular weight is 477 g/mol. The lowest BCUT2D eigenvalue weighted by Crippen LogP contribution is -2.41. The number of aromatic nitrogens is 2. The third-order valence-electron chi connectivity index (χ3n) is 6.33. The summed E-state index contributed by atoms with van der Waals surface area (Å²) in [4.78, 5) is 26.7. The number of carbonyl (C=O) groups is 2. The van der Waals surface area contributed by atoms with E-state index in [0.717, 1.165) is 17.7 Å². The molecule has 1 heterocycles. The monoisotopic (exact) mass is 476 g/mol. The van der Waals surface area contributed by atoms with Crippen LogP contribution in [0.25, 0.3) is 5.69 Å². The highest BCUT2D eigenvalue weighted by Crippen LogP contribution is 2.44. The quantitative estimate of drug-likeness (QED) is 0.386. The van der Waals surface area contributed by atoms with Crippen molar-refractivity contribution in [2.45, 2.75) is 37.3 Å². The fraction of sp³-hybridized carbons (Fsp3) is 0.296. The molecule has 2 N–H and O–H groups in total. The third kappa shape index (κ3) is 6.22. The Labute approximate surface area is 203 Å². The molecule has 1 amide bonds. The average Bonchev–Trinajstić information content (AvgIpc) is 3.45. The van der Waals surface area contributed by atoms with E-state index in [2.05, 4.69) is 21.9 Å². The van der Waals surface area contributed by atoms with Gasteiger partial charge >= 0.3 is 5.97 Å². The van der Waals surface area contributed by atoms with E-state index in [9.17, 15) is 19.1 Å². The van der Waals surface area contributed by atoms with E-state index in [-0.39, 0.29) is 5.82 Å². The molecule has 1 fully saturated rings. The summed E-state index contributed by atoms with van der Waals surface area (Å²) in [7, 11) is 0. The predicted molar refractivity (Wildman–Crippen MR) is 131 cm³/mol. The molecule has 182 valence electrons. The van der Waals surface area contributed by atoms with Gasteiger partial charge in [-0.3, -0.25) is 9.69 Å². The molecule has 0 unspecified atom stereocenters. The van der Waals surface area contributed by atoms with Crippen molar-refractivity contribution in [3.8, 4) is 5.69 Å². The van der Waals surface area contributed by atoms with Crippen LogP contribution in [-0.4, -0.2) is 56.8 Å². The lowest BCUT2D eigenvalue weighted by Gasteiger charge is -2.22. The number of hydrogen-bond acceptors (Lipinski definition) is 4. The van der Waals surface area contributed by atoms with Gasteiger partial charge in [0, 0.05) is 36.5 Å². The van der Waals surface area contributed by atoms with Gasteiger partial charge in [0.15, 0.2) is 0 Å². The van der Waals surface area contributed by atoms with Crippen LogP contribution in [0.2, 0.25) is 0 Å². The molecule has 1 aliphatic carbocycles. The van der Waals surface area contributed by atoms with Gasteiger partial charge in [-0.15, -0.1) is 6.58 Å². The Bertz CT molecular complexity index is 1150. The summed E-state index contributed by atoms with van der Waals surface area (Å²) < 4.78 is 14.9. The van der Waals surface area contributed by atoms with Gasteiger partial charge in [-0.05, 0) is 73.8 Å². The minimum atomic E-state index is -1.06. The molecular formula is C27H29FN4O3. The number of carboxylic acid groups (broad SMARTS) is 1. The van der Waals surface area contributed by atoms with Crippen molar-refractivity contribution in [2.75, 3.05) is 13.1 Å². The summed E-state index contributed by atoms with van der Waals surface area (Å²) in [5.41, 5.74) is 2.31. The molecule has 0 aliphatic heterocycles. The molecule has 1 aromatic heterocycles. The van der Waals surface area contributed by atoms with Crippen molar-refractivity contribution < 1.29 is 19.1 Å². The number of benzene rings is 2. The molecule has 0 saturated heterocycles. The van der Waals surface area contributed by atoms with Crippen LogP contribution in [0.5, 0.6) is 0 Å². The number of nitrogens with zero attached hydrogens (tertiary/aromatic N) is 3. The molecule has 1 saturated carbocycles. The number of carbonyl (C=O) groups excluding carboxylic acids is 1. The molecule has 7 nitrogen and oxygen atoms in total. The first-order valence-corrected chi connectivity index (χ1v) is 11.7. The van der Waals surface area contributed by atoms with Gasteiger partial charge in [-0.1, -0.05) is 18.2 Å². The lowest BCUT2D eigenvalue weighted by atomic mass is 10.1. The van der Waals surface area contributed by atoms with Gasteiger partial charge in [0.1, 0.15) is 11.9 Å². The number of aliphatic carboxylic acids is 1. The number of amides is 1. The largest absolute Gasteiger partial charge is 0.480 e. The van der Waals surface area contributed by atoms with E-state index >= 15 is 0 Å². The molecule has 2 aromatic carbocycles. The number of rotatable bonds is 12. The summed E-state index contributed by atoms with van der Waals surface area (Å²) in [6.07, 6.45) is 7.20. The van der Waals surface area contributed by atoms with Crippen molar-refractivity contribution in [1.29, 1.82) is 0 Å². The fourth-order valence-corrected chi connectivity index (χ4v) is 4.40. The van der Waals surface area contributed by atoms with Gasteiger partial charge in [0.25, 0.3) is 5.91 Å². The van der Waals surface area contributed by atoms with Crippen LogP contribution in [-0.2, 0) is 4.79 Å². The summed E-state index contributed by atoms with van der Waals surface area (Å²) in [5.74, 6) is -1.39. The molecule has 0 radical (unpaired) electrons. The van der Waals surface area contributed by atoms with Gasteiger partial charge in [0.05, 0.1) is 5.69 Å². The first kappa shape index (κ1) is 24.3. The Morgan fingerprint density at radius 1 is 1.23 bits per heavy atom. The van der Waals surface area contributed by atoms with Crippen molar-refractivity contribution in [3.05, 3.63) is 96.6 Å². The molecule has 0 spiro atoms. The van der Waals surface area contributed by atoms with Crippen molar-refractivity contribution in [1.82, 2.24) is 20.0 Å². The fourth-order valence-electron chi connectivity index (χ4n) is 4.40. The topological polar surface area (TPSA) is 87.5 Å². The van der Waals surface area contributed by atoms with E-state index in [4.69, 9.17) is 0 Å². The van der Waals surface area contributed by atoms with Crippen LogP contribution in [0.1, 0.15) is 41.1 Å². The van der Waals surface area contributed by atoms with E-state index in [1.807, 2.05) is 18.2 Å². The van der Waals surface area contributed by atoms with Crippen LogP contribution >= 0.6 is 0 Å². The van der Waals surface area contributed by atoms with Crippen LogP contribution < -0.4 is 5.32 Å². The van der Waals surface area contributed by atoms with Gasteiger partial charge in [-0.2, -0.15) is 5.10 Å². The second-order valence-corrected chi connectivity index (χ2v) is 8.75. The van der Waals surface area contributed by atoms with Crippen molar-refractivity contribution in [2.24, 2.45) is 0 Å². The van der Waals surface area contributed by atoms with Gasteiger partial charge in [0.2, 0.25) is 0 Å². The van der Waals surface area contributed by atoms with E-state index < -0.39 is 17.9 Å². The first-order chi connectivity index (χ1) is 17.0. The standard InChI is InChI=1S/C27H29FN4O3/c1-2-15-31(25-18-23(25)19-6-10-21(28)11-7-19)16-3-5-24(27(34)35)30-26(33)20-8-12-22(13-9-20)32-17-4-14-29-32/h2,4,6-14,17,23-25H,1,3,5,15-16,18H2,(H,30,33)(H,34,35)/t23-,24-,25+/m0/s1. The first-order valence-electron chi connectivity index (χ1n) is 11.7. The Kier molecular flexibility index (Phi) is 7.72. The van der Waals surface area contributed by atoms with Crippen molar-refractivity contribution in [3.63, 3.8) is 0 Å². The normalized spacial score (nSPS) is 17.7. The van der Waals surface area contributed by atoms with Crippen LogP contribution in [0.4, 0.5) is 4.39 Å².